The van der Waals surface area contributed by atoms with E-state index in [-0.39, 0.29) is 10.8 Å². The summed E-state index contributed by atoms with van der Waals surface area (Å²) < 4.78 is 5.22. The number of rotatable bonds is 6. The minimum atomic E-state index is -0.970. The van der Waals surface area contributed by atoms with Crippen molar-refractivity contribution in [1.82, 2.24) is 5.32 Å². The van der Waals surface area contributed by atoms with Gasteiger partial charge in [0.15, 0.2) is 0 Å². The molecular formula is C20H27NO4. The fourth-order valence-corrected chi connectivity index (χ4v) is 4.61. The van der Waals surface area contributed by atoms with Gasteiger partial charge in [0.05, 0.1) is 0 Å². The zero-order chi connectivity index (χ0) is 18.3. The van der Waals surface area contributed by atoms with Crippen molar-refractivity contribution in [3.63, 3.8) is 0 Å². The first kappa shape index (κ1) is 17.8. The number of alkyl carbamates (subject to hydrolysis) is 1. The molecule has 0 radical (unpaired) electrons. The van der Waals surface area contributed by atoms with Crippen LogP contribution in [0, 0.1) is 10.8 Å². The van der Waals surface area contributed by atoms with E-state index in [4.69, 9.17) is 4.74 Å². The number of hydrogen-bond donors (Lipinski definition) is 2. The summed E-state index contributed by atoms with van der Waals surface area (Å²) in [4.78, 5) is 23.6. The van der Waals surface area contributed by atoms with Gasteiger partial charge < -0.3 is 15.2 Å². The van der Waals surface area contributed by atoms with Gasteiger partial charge in [-0.15, -0.1) is 0 Å². The van der Waals surface area contributed by atoms with Crippen molar-refractivity contribution < 1.29 is 19.4 Å². The Hall–Kier alpha value is -2.04. The first-order chi connectivity index (χ1) is 11.6. The summed E-state index contributed by atoms with van der Waals surface area (Å²) in [5.74, 6) is -0.970. The number of aryl methyl sites for hydroxylation is 1. The standard InChI is InChI=1S/C20H27NO4/c1-18(2,3)25-17(24)21-15(16(22)23)20-11-19(12-20,13-20)10-9-14-7-5-4-6-8-14/h4-8,15H,9-13H2,1-3H3,(H,21,24)(H,22,23). The molecule has 0 heterocycles. The van der Waals surface area contributed by atoms with E-state index in [9.17, 15) is 14.7 Å². The number of amides is 1. The Morgan fingerprint density at radius 2 is 1.80 bits per heavy atom. The molecule has 1 atom stereocenters. The number of nitrogens with one attached hydrogen (secondary N) is 1. The molecule has 2 N–H and O–H groups in total. The second-order valence-electron chi connectivity index (χ2n) is 8.80. The van der Waals surface area contributed by atoms with E-state index >= 15 is 0 Å². The highest BCUT2D eigenvalue weighted by atomic mass is 16.6. The van der Waals surface area contributed by atoms with Crippen LogP contribution >= 0.6 is 0 Å². The number of carbonyl (C=O) groups is 2. The Labute approximate surface area is 148 Å². The van der Waals surface area contributed by atoms with Crippen LogP contribution in [0.1, 0.15) is 52.0 Å². The molecule has 5 nitrogen and oxygen atoms in total. The lowest BCUT2D eigenvalue weighted by atomic mass is 9.32. The second kappa shape index (κ2) is 6.04. The summed E-state index contributed by atoms with van der Waals surface area (Å²) in [5, 5.41) is 12.2. The number of ether oxygens (including phenoxy) is 1. The van der Waals surface area contributed by atoms with Gasteiger partial charge in [-0.05, 0) is 63.9 Å². The van der Waals surface area contributed by atoms with Gasteiger partial charge >= 0.3 is 12.1 Å². The molecule has 1 aromatic rings. The molecule has 0 aliphatic heterocycles. The molecule has 3 aliphatic carbocycles. The summed E-state index contributed by atoms with van der Waals surface area (Å²) in [6, 6.07) is 9.50. The Bertz CT molecular complexity index is 642. The highest BCUT2D eigenvalue weighted by molar-refractivity contribution is 5.81. The smallest absolute Gasteiger partial charge is 0.408 e. The van der Waals surface area contributed by atoms with Crippen molar-refractivity contribution in [2.75, 3.05) is 0 Å². The molecule has 3 aliphatic rings. The molecule has 0 spiro atoms. The first-order valence-corrected chi connectivity index (χ1v) is 8.90. The van der Waals surface area contributed by atoms with Crippen LogP contribution < -0.4 is 5.32 Å². The Morgan fingerprint density at radius 3 is 2.32 bits per heavy atom. The summed E-state index contributed by atoms with van der Waals surface area (Å²) in [6.07, 6.45) is 4.08. The van der Waals surface area contributed by atoms with Crippen LogP contribution in [-0.2, 0) is 16.0 Å². The minimum Gasteiger partial charge on any atom is -0.480 e. The van der Waals surface area contributed by atoms with Gasteiger partial charge in [0.2, 0.25) is 0 Å². The van der Waals surface area contributed by atoms with Gasteiger partial charge in [-0.1, -0.05) is 30.3 Å². The van der Waals surface area contributed by atoms with Crippen LogP contribution in [0.4, 0.5) is 4.79 Å². The minimum absolute atomic E-state index is 0.263. The van der Waals surface area contributed by atoms with E-state index in [1.54, 1.807) is 20.8 Å². The highest BCUT2D eigenvalue weighted by Crippen LogP contribution is 2.76. The fraction of sp³-hybridized carbons (Fsp3) is 0.600. The van der Waals surface area contributed by atoms with Crippen molar-refractivity contribution >= 4 is 12.1 Å². The number of aliphatic carboxylic acids is 1. The lowest BCUT2D eigenvalue weighted by Gasteiger charge is -2.72. The lowest BCUT2D eigenvalue weighted by molar-refractivity contribution is -0.227. The van der Waals surface area contributed by atoms with Crippen LogP contribution in [0.5, 0.6) is 0 Å². The van der Waals surface area contributed by atoms with Gasteiger partial charge in [0.1, 0.15) is 11.6 Å². The molecular weight excluding hydrogens is 318 g/mol. The molecule has 1 amide bonds. The summed E-state index contributed by atoms with van der Waals surface area (Å²) in [5.41, 5.74) is 0.658. The highest BCUT2D eigenvalue weighted by Gasteiger charge is 2.71. The fourth-order valence-electron chi connectivity index (χ4n) is 4.61. The monoisotopic (exact) mass is 345 g/mol. The van der Waals surface area contributed by atoms with E-state index in [0.29, 0.717) is 0 Å². The molecule has 5 heteroatoms. The normalized spacial score (nSPS) is 28.3. The number of carboxylic acid groups (broad SMARTS) is 1. The van der Waals surface area contributed by atoms with Crippen molar-refractivity contribution in [2.45, 2.75) is 64.5 Å². The van der Waals surface area contributed by atoms with Crippen molar-refractivity contribution in [1.29, 1.82) is 0 Å². The lowest BCUT2D eigenvalue weighted by Crippen LogP contribution is -2.71. The Morgan fingerprint density at radius 1 is 1.20 bits per heavy atom. The third-order valence-electron chi connectivity index (χ3n) is 5.49. The quantitative estimate of drug-likeness (QED) is 0.823. The van der Waals surface area contributed by atoms with E-state index in [2.05, 4.69) is 17.4 Å². The van der Waals surface area contributed by atoms with E-state index in [1.165, 1.54) is 5.56 Å². The number of benzene rings is 1. The topological polar surface area (TPSA) is 75.6 Å². The largest absolute Gasteiger partial charge is 0.480 e. The van der Waals surface area contributed by atoms with Crippen molar-refractivity contribution in [3.05, 3.63) is 35.9 Å². The third kappa shape index (κ3) is 3.65. The van der Waals surface area contributed by atoms with Gasteiger partial charge in [0.25, 0.3) is 0 Å². The summed E-state index contributed by atoms with van der Waals surface area (Å²) in [7, 11) is 0. The maximum atomic E-state index is 12.0. The molecule has 25 heavy (non-hydrogen) atoms. The Balaban J connectivity index is 1.54. The van der Waals surface area contributed by atoms with Gasteiger partial charge in [-0.3, -0.25) is 0 Å². The Kier molecular flexibility index (Phi) is 4.30. The van der Waals surface area contributed by atoms with Crippen molar-refractivity contribution in [2.24, 2.45) is 10.8 Å². The predicted octanol–water partition coefficient (Wildman–Crippen LogP) is 3.77. The first-order valence-electron chi connectivity index (χ1n) is 8.90. The van der Waals surface area contributed by atoms with Crippen LogP contribution in [-0.4, -0.2) is 28.8 Å². The third-order valence-corrected chi connectivity index (χ3v) is 5.49. The SMILES string of the molecule is CC(C)(C)OC(=O)NC(C(=O)O)C12CC(CCc3ccccc3)(C1)C2. The molecule has 3 saturated carbocycles. The molecule has 4 rings (SSSR count). The molecule has 1 aromatic carbocycles. The molecule has 0 saturated heterocycles. The van der Waals surface area contributed by atoms with Gasteiger partial charge in [-0.25, -0.2) is 9.59 Å². The van der Waals surface area contributed by atoms with Crippen LogP contribution in [0.25, 0.3) is 0 Å². The predicted molar refractivity (Wildman–Crippen MR) is 94.3 cm³/mol. The molecule has 3 fully saturated rings. The average Bonchev–Trinajstić information content (AvgIpc) is 2.42. The van der Waals surface area contributed by atoms with Crippen molar-refractivity contribution in [3.8, 4) is 0 Å². The summed E-state index contributed by atoms with van der Waals surface area (Å²) >= 11 is 0. The zero-order valence-electron chi connectivity index (χ0n) is 15.2. The van der Waals surface area contributed by atoms with Gasteiger partial charge in [0, 0.05) is 5.41 Å². The second-order valence-corrected chi connectivity index (χ2v) is 8.80. The number of hydrogen-bond acceptors (Lipinski definition) is 3. The zero-order valence-corrected chi connectivity index (χ0v) is 15.2. The molecule has 2 bridgehead atoms. The van der Waals surface area contributed by atoms with Gasteiger partial charge in [-0.2, -0.15) is 0 Å². The number of carbonyl (C=O) groups excluding carboxylic acids is 1. The van der Waals surface area contributed by atoms with Crippen LogP contribution in [0.15, 0.2) is 30.3 Å². The van der Waals surface area contributed by atoms with E-state index in [0.717, 1.165) is 32.1 Å². The maximum absolute atomic E-state index is 12.0. The van der Waals surface area contributed by atoms with Crippen LogP contribution in [0.3, 0.4) is 0 Å². The maximum Gasteiger partial charge on any atom is 0.408 e. The van der Waals surface area contributed by atoms with Crippen LogP contribution in [0.2, 0.25) is 0 Å². The molecule has 1 unspecified atom stereocenters. The molecule has 0 aromatic heterocycles. The average molecular weight is 345 g/mol. The van der Waals surface area contributed by atoms with E-state index in [1.807, 2.05) is 18.2 Å². The summed E-state index contributed by atoms with van der Waals surface area (Å²) in [6.45, 7) is 5.30. The van der Waals surface area contributed by atoms with E-state index < -0.39 is 23.7 Å². The molecule has 136 valence electrons. The number of carboxylic acids is 1.